The highest BCUT2D eigenvalue weighted by atomic mass is 127. The fraction of sp³-hybridized carbons (Fsp3) is 0.117. The highest BCUT2D eigenvalue weighted by Gasteiger charge is 2.15. The molecule has 1 amide bonds. The summed E-state index contributed by atoms with van der Waals surface area (Å²) in [5, 5.41) is 28.8. The van der Waals surface area contributed by atoms with Gasteiger partial charge in [-0.2, -0.15) is 0 Å². The average molecular weight is 1110 g/mol. The molecule has 0 aliphatic carbocycles. The van der Waals surface area contributed by atoms with Gasteiger partial charge < -0.3 is 32.1 Å². The first kappa shape index (κ1) is 61.1. The fourth-order valence-corrected chi connectivity index (χ4v) is 7.94. The number of nitrogens with two attached hydrogens (primary N) is 2. The Labute approximate surface area is 446 Å². The first-order chi connectivity index (χ1) is 34.5. The second-order valence-electron chi connectivity index (χ2n) is 16.0. The fourth-order valence-electron chi connectivity index (χ4n) is 6.82. The van der Waals surface area contributed by atoms with Gasteiger partial charge >= 0.3 is 17.9 Å². The number of hydrogen-bond acceptors (Lipinski definition) is 7. The number of nitrogens with one attached hydrogen (secondary N) is 1. The molecule has 0 aromatic heterocycles. The van der Waals surface area contributed by atoms with Crippen molar-refractivity contribution in [3.63, 3.8) is 0 Å². The maximum atomic E-state index is 12.4. The molecule has 0 bridgehead atoms. The van der Waals surface area contributed by atoms with Crippen LogP contribution in [0.3, 0.4) is 0 Å². The molecule has 0 unspecified atom stereocenters. The molecule has 11 nitrogen and oxygen atoms in total. The summed E-state index contributed by atoms with van der Waals surface area (Å²) in [5.41, 5.74) is 23.8. The molecule has 0 atom stereocenters. The molecule has 7 aromatic carbocycles. The van der Waals surface area contributed by atoms with Crippen molar-refractivity contribution in [2.45, 2.75) is 48.5 Å². The number of amides is 1. The smallest absolute Gasteiger partial charge is 0.338 e. The molecular weight excluding hydrogens is 1050 g/mol. The summed E-state index contributed by atoms with van der Waals surface area (Å²) >= 11 is 7.43. The Kier molecular flexibility index (Phi) is 25.6. The summed E-state index contributed by atoms with van der Waals surface area (Å²) in [6.07, 6.45) is 4.89. The van der Waals surface area contributed by atoms with Crippen molar-refractivity contribution < 1.29 is 39.3 Å². The van der Waals surface area contributed by atoms with Gasteiger partial charge in [0.25, 0.3) is 11.1 Å². The van der Waals surface area contributed by atoms with Crippen LogP contribution in [0.1, 0.15) is 107 Å². The van der Waals surface area contributed by atoms with Crippen LogP contribution in [0.15, 0.2) is 159 Å². The minimum atomic E-state index is -0.972. The van der Waals surface area contributed by atoms with Crippen molar-refractivity contribution in [2.75, 3.05) is 16.8 Å². The number of hydrogen-bond donors (Lipinski definition) is 6. The largest absolute Gasteiger partial charge is 0.478 e. The summed E-state index contributed by atoms with van der Waals surface area (Å²) in [6.45, 7) is 24.0. The molecule has 0 heterocycles. The number of para-hydroxylation sites is 2. The lowest BCUT2D eigenvalue weighted by Gasteiger charge is -2.12. The van der Waals surface area contributed by atoms with E-state index in [-0.39, 0.29) is 11.5 Å². The van der Waals surface area contributed by atoms with Crippen LogP contribution < -0.4 is 16.8 Å². The van der Waals surface area contributed by atoms with Crippen LogP contribution >= 0.6 is 34.2 Å². The third-order valence-corrected chi connectivity index (χ3v) is 11.8. The predicted octanol–water partition coefficient (Wildman–Crippen LogP) is 14.7. The van der Waals surface area contributed by atoms with Crippen LogP contribution in [0, 0.1) is 52.0 Å². The highest BCUT2D eigenvalue weighted by molar-refractivity contribution is 14.1. The molecule has 7 aromatic rings. The van der Waals surface area contributed by atoms with Gasteiger partial charge in [-0.3, -0.25) is 9.59 Å². The zero-order valence-corrected chi connectivity index (χ0v) is 44.8. The third-order valence-electron chi connectivity index (χ3n) is 10.7. The van der Waals surface area contributed by atoms with Crippen LogP contribution in [0.4, 0.5) is 17.1 Å². The number of carbonyl (C=O) groups excluding carboxylic acids is 2. The third kappa shape index (κ3) is 18.9. The molecule has 0 fully saturated rings. The number of aromatic carboxylic acids is 3. The van der Waals surface area contributed by atoms with Crippen LogP contribution in [0.2, 0.25) is 0 Å². The zero-order valence-electron chi connectivity index (χ0n) is 41.9. The van der Waals surface area contributed by atoms with Gasteiger partial charge in [0.05, 0.1) is 16.7 Å². The minimum absolute atomic E-state index is 0.0951. The molecule has 0 aliphatic heterocycles. The average Bonchev–Trinajstić information content (AvgIpc) is 3.33. The molecule has 0 aliphatic rings. The van der Waals surface area contributed by atoms with Crippen molar-refractivity contribution in [3.8, 4) is 0 Å². The normalized spacial score (nSPS) is 9.60. The summed E-state index contributed by atoms with van der Waals surface area (Å²) in [6, 6.07) is 42.6. The lowest BCUT2D eigenvalue weighted by Crippen LogP contribution is -2.15. The van der Waals surface area contributed by atoms with Crippen LogP contribution in [0.25, 0.3) is 18.2 Å². The van der Waals surface area contributed by atoms with Crippen LogP contribution in [0.5, 0.6) is 0 Å². The van der Waals surface area contributed by atoms with E-state index >= 15 is 0 Å². The van der Waals surface area contributed by atoms with Gasteiger partial charge in [0.1, 0.15) is 0 Å². The van der Waals surface area contributed by atoms with Crippen molar-refractivity contribution in [1.82, 2.24) is 0 Å². The quantitative estimate of drug-likeness (QED) is 0.0457. The Balaban J connectivity index is 0.000000306. The van der Waals surface area contributed by atoms with E-state index < -0.39 is 23.2 Å². The Bertz CT molecular complexity index is 2920. The Morgan fingerprint density at radius 2 is 0.781 bits per heavy atom. The Morgan fingerprint density at radius 3 is 1.12 bits per heavy atom. The number of carboxylic acid groups (broad SMARTS) is 3. The molecule has 13 heteroatoms. The molecule has 0 saturated heterocycles. The maximum absolute atomic E-state index is 12.4. The van der Waals surface area contributed by atoms with Gasteiger partial charge in [-0.05, 0) is 163 Å². The van der Waals surface area contributed by atoms with Gasteiger partial charge in [0.2, 0.25) is 0 Å². The van der Waals surface area contributed by atoms with Crippen molar-refractivity contribution in [3.05, 3.63) is 246 Å². The van der Waals surface area contributed by atoms with Gasteiger partial charge in [-0.25, -0.2) is 14.4 Å². The molecule has 0 saturated carbocycles. The standard InChI is InChI=1S/C17H17NO.C10H9ClO.C10H10O2.C8H7IO2.C8H9NO2.C7H9N/c1-4-14-10-7-9-13(3)16(14)17(19)18-15-11-6-5-8-12(15)2;2*1-3-8-6-4-5-7(2)9(8)10(11)12;2*1-5-3-2-4-6(9)7(5)8(10)11;1-6-4-2-3-5-7(6)8/h4-11H,1H2,2-3H3,(H,18,19);3-6H,1H2,2H3;3-6H,1H2,2H3,(H,11,12);2-4H,1H3,(H,10,11);2-4H,9H2,1H3,(H,10,11);2-5H,8H2,1H3. The summed E-state index contributed by atoms with van der Waals surface area (Å²) in [7, 11) is 0. The monoisotopic (exact) mass is 1110 g/mol. The molecule has 73 heavy (non-hydrogen) atoms. The molecule has 8 N–H and O–H groups in total. The Hall–Kier alpha value is -8.07. The van der Waals surface area contributed by atoms with E-state index in [2.05, 4.69) is 25.1 Å². The summed E-state index contributed by atoms with van der Waals surface area (Å²) < 4.78 is 0.787. The van der Waals surface area contributed by atoms with Crippen LogP contribution in [-0.2, 0) is 0 Å². The summed E-state index contributed by atoms with van der Waals surface area (Å²) in [4.78, 5) is 55.3. The van der Waals surface area contributed by atoms with E-state index in [4.69, 9.17) is 38.4 Å². The number of carboxylic acids is 3. The lowest BCUT2D eigenvalue weighted by atomic mass is 10.0. The van der Waals surface area contributed by atoms with E-state index in [0.29, 0.717) is 39.1 Å². The SMILES string of the molecule is C=Cc1cccc(C)c1C(=O)Cl.C=Cc1cccc(C)c1C(=O)Nc1ccccc1C.C=Cc1cccc(C)c1C(=O)O.Cc1cccc(I)c1C(=O)O.Cc1cccc(N)c1C(=O)O.Cc1ccccc1N. The number of carbonyl (C=O) groups is 5. The second-order valence-corrected chi connectivity index (χ2v) is 17.5. The topological polar surface area (TPSA) is 210 Å². The minimum Gasteiger partial charge on any atom is -0.478 e. The Morgan fingerprint density at radius 1 is 0.438 bits per heavy atom. The zero-order chi connectivity index (χ0) is 54.9. The van der Waals surface area contributed by atoms with E-state index in [1.165, 1.54) is 0 Å². The molecule has 0 spiro atoms. The predicted molar refractivity (Wildman–Crippen MR) is 309 cm³/mol. The van der Waals surface area contributed by atoms with E-state index in [0.717, 1.165) is 59.5 Å². The number of nitrogen functional groups attached to an aromatic ring is 2. The number of rotatable bonds is 9. The number of benzene rings is 7. The van der Waals surface area contributed by atoms with Crippen molar-refractivity contribution >= 4 is 98.5 Å². The molecule has 7 rings (SSSR count). The second kappa shape index (κ2) is 30.6. The lowest BCUT2D eigenvalue weighted by molar-refractivity contribution is 0.0684. The van der Waals surface area contributed by atoms with E-state index in [1.807, 2.05) is 147 Å². The number of halogens is 2. The number of anilines is 3. The van der Waals surface area contributed by atoms with Crippen molar-refractivity contribution in [2.24, 2.45) is 0 Å². The van der Waals surface area contributed by atoms with Crippen molar-refractivity contribution in [1.29, 1.82) is 0 Å². The first-order valence-corrected chi connectivity index (χ1v) is 23.8. The van der Waals surface area contributed by atoms with E-state index in [1.54, 1.807) is 81.5 Å². The van der Waals surface area contributed by atoms with Gasteiger partial charge in [-0.1, -0.05) is 153 Å². The maximum Gasteiger partial charge on any atom is 0.338 e. The molecular formula is C60H61ClIN3O8. The molecule has 0 radical (unpaired) electrons. The summed E-state index contributed by atoms with van der Waals surface area (Å²) in [5.74, 6) is -2.82. The van der Waals surface area contributed by atoms with Gasteiger partial charge in [0.15, 0.2) is 0 Å². The van der Waals surface area contributed by atoms with Gasteiger partial charge in [-0.15, -0.1) is 0 Å². The molecule has 378 valence electrons. The van der Waals surface area contributed by atoms with Gasteiger partial charge in [0, 0.05) is 31.8 Å². The first-order valence-electron chi connectivity index (χ1n) is 22.4. The van der Waals surface area contributed by atoms with Crippen LogP contribution in [-0.4, -0.2) is 44.4 Å². The van der Waals surface area contributed by atoms with E-state index in [9.17, 15) is 24.0 Å². The highest BCUT2D eigenvalue weighted by Crippen LogP contribution is 2.21. The number of aryl methyl sites for hydroxylation is 7.